The van der Waals surface area contributed by atoms with Crippen LogP contribution < -0.4 is 0 Å². The number of hydrogen-bond acceptors (Lipinski definition) is 4. The second-order valence-corrected chi connectivity index (χ2v) is 10.7. The van der Waals surface area contributed by atoms with E-state index in [-0.39, 0.29) is 17.1 Å². The van der Waals surface area contributed by atoms with Gasteiger partial charge >= 0.3 is 0 Å². The van der Waals surface area contributed by atoms with Gasteiger partial charge in [-0.05, 0) is 109 Å². The molecule has 8 bridgehead atoms. The Hall–Kier alpha value is -2.88. The molecule has 0 spiro atoms. The fourth-order valence-electron chi connectivity index (χ4n) is 6.92. The Morgan fingerprint density at radius 3 is 1.49 bits per heavy atom. The summed E-state index contributed by atoms with van der Waals surface area (Å²) in [7, 11) is 0. The van der Waals surface area contributed by atoms with Crippen molar-refractivity contribution in [3.63, 3.8) is 0 Å². The van der Waals surface area contributed by atoms with E-state index < -0.39 is 0 Å². The van der Waals surface area contributed by atoms with E-state index in [2.05, 4.69) is 79.7 Å². The minimum atomic E-state index is 0. The summed E-state index contributed by atoms with van der Waals surface area (Å²) < 4.78 is 0. The third-order valence-corrected chi connectivity index (χ3v) is 8.77. The average Bonchev–Trinajstić information content (AvgIpc) is 3.73. The molecular formula is C36H44MnN4. The molecule has 0 saturated carbocycles. The Morgan fingerprint density at radius 2 is 0.927 bits per heavy atom. The molecule has 41 heavy (non-hydrogen) atoms. The Bertz CT molecular complexity index is 1540. The molecule has 0 atom stereocenters. The van der Waals surface area contributed by atoms with Crippen molar-refractivity contribution in [3.8, 4) is 0 Å². The van der Waals surface area contributed by atoms with Crippen LogP contribution in [-0.2, 0) is 17.1 Å². The minimum Gasteiger partial charge on any atom is -0.249 e. The third kappa shape index (κ3) is 5.17. The summed E-state index contributed by atoms with van der Waals surface area (Å²) in [6.45, 7) is 18.1. The van der Waals surface area contributed by atoms with E-state index in [9.17, 15) is 0 Å². The summed E-state index contributed by atoms with van der Waals surface area (Å²) in [4.78, 5) is 21.2. The van der Waals surface area contributed by atoms with Crippen LogP contribution in [0.1, 0.15) is 107 Å². The molecule has 0 N–H and O–H groups in total. The molecule has 5 rings (SSSR count). The molecule has 0 unspecified atom stereocenters. The maximum absolute atomic E-state index is 5.54. The Morgan fingerprint density at radius 1 is 0.439 bits per heavy atom. The van der Waals surface area contributed by atoms with Crippen LogP contribution in [0.5, 0.6) is 0 Å². The number of allylic oxidation sites excluding steroid dienone is 12. The summed E-state index contributed by atoms with van der Waals surface area (Å²) in [5, 5.41) is 0. The molecule has 5 heteroatoms. The van der Waals surface area contributed by atoms with Crippen LogP contribution in [0.3, 0.4) is 0 Å². The van der Waals surface area contributed by atoms with Gasteiger partial charge in [0.1, 0.15) is 0 Å². The number of fused-ring (bicyclic) bond motifs is 4. The van der Waals surface area contributed by atoms with E-state index in [1.165, 1.54) is 44.6 Å². The first kappa shape index (κ1) is 31.1. The first-order valence-corrected chi connectivity index (χ1v) is 15.6. The van der Waals surface area contributed by atoms with Crippen LogP contribution in [0.15, 0.2) is 112 Å². The smallest absolute Gasteiger partial charge is 0.0726 e. The molecule has 0 saturated heterocycles. The summed E-state index contributed by atoms with van der Waals surface area (Å²) in [5.74, 6) is 0. The quantitative estimate of drug-likeness (QED) is 0.254. The van der Waals surface area contributed by atoms with Crippen LogP contribution in [-0.4, -0.2) is 22.8 Å². The van der Waals surface area contributed by atoms with E-state index in [0.717, 1.165) is 97.0 Å². The van der Waals surface area contributed by atoms with Gasteiger partial charge in [-0.15, -0.1) is 0 Å². The van der Waals surface area contributed by atoms with Gasteiger partial charge in [0, 0.05) is 28.2 Å². The van der Waals surface area contributed by atoms with Gasteiger partial charge in [-0.1, -0.05) is 55.4 Å². The maximum Gasteiger partial charge on any atom is 0.0726 e. The second kappa shape index (κ2) is 13.0. The average molecular weight is 588 g/mol. The zero-order valence-corrected chi connectivity index (χ0v) is 27.3. The van der Waals surface area contributed by atoms with Crippen molar-refractivity contribution in [1.29, 1.82) is 0 Å². The number of rotatable bonds is 8. The van der Waals surface area contributed by atoms with E-state index in [1.807, 2.05) is 0 Å². The van der Waals surface area contributed by atoms with Crippen molar-refractivity contribution in [2.75, 3.05) is 0 Å². The van der Waals surface area contributed by atoms with E-state index in [4.69, 9.17) is 20.0 Å². The molecule has 5 aliphatic heterocycles. The molecule has 5 heterocycles. The fourth-order valence-corrected chi connectivity index (χ4v) is 6.92. The van der Waals surface area contributed by atoms with E-state index >= 15 is 0 Å². The van der Waals surface area contributed by atoms with Gasteiger partial charge in [0.2, 0.25) is 0 Å². The fraction of sp³-hybridized carbons (Fsp3) is 0.444. The molecule has 0 fully saturated rings. The van der Waals surface area contributed by atoms with E-state index in [1.54, 1.807) is 0 Å². The van der Waals surface area contributed by atoms with E-state index in [0.29, 0.717) is 0 Å². The van der Waals surface area contributed by atoms with Crippen LogP contribution in [0, 0.1) is 0 Å². The first-order chi connectivity index (χ1) is 19.5. The summed E-state index contributed by atoms with van der Waals surface area (Å²) in [6.07, 6.45) is 16.1. The van der Waals surface area contributed by atoms with Crippen LogP contribution in [0.2, 0.25) is 0 Å². The van der Waals surface area contributed by atoms with Gasteiger partial charge in [0.25, 0.3) is 0 Å². The largest absolute Gasteiger partial charge is 0.249 e. The molecule has 0 amide bonds. The molecule has 5 aliphatic rings. The van der Waals surface area contributed by atoms with Gasteiger partial charge in [-0.25, -0.2) is 20.0 Å². The predicted octanol–water partition coefficient (Wildman–Crippen LogP) is 9.82. The maximum atomic E-state index is 5.54. The van der Waals surface area contributed by atoms with Gasteiger partial charge < -0.3 is 0 Å². The van der Waals surface area contributed by atoms with Gasteiger partial charge in [0.05, 0.1) is 45.6 Å². The van der Waals surface area contributed by atoms with Crippen LogP contribution in [0.4, 0.5) is 0 Å². The monoisotopic (exact) mass is 587 g/mol. The number of hydrogen-bond donors (Lipinski definition) is 0. The second-order valence-electron chi connectivity index (χ2n) is 10.7. The van der Waals surface area contributed by atoms with Gasteiger partial charge in [0.15, 0.2) is 0 Å². The Balaban J connectivity index is 0.00000387. The van der Waals surface area contributed by atoms with Crippen LogP contribution in [0.25, 0.3) is 0 Å². The van der Waals surface area contributed by atoms with Crippen molar-refractivity contribution < 1.29 is 17.1 Å². The molecule has 0 aliphatic carbocycles. The molecule has 0 aromatic heterocycles. The number of aliphatic imine (C=N–C) groups is 4. The minimum absolute atomic E-state index is 0. The molecular weight excluding hydrogens is 543 g/mol. The standard InChI is InChI=1S/C36H44N4.Mn/c1-9-23-25(11-3)33-29(15-7)35-27(13-5)28(14-6)36(40-35)30(16-8)34-26(12-4)24(10-2)32(39-34)20-22-18-17-21(37-22)19-31(23)38-33;/h17-20H,9-16H2,1-8H3;. The summed E-state index contributed by atoms with van der Waals surface area (Å²) >= 11 is 0. The zero-order chi connectivity index (χ0) is 28.6. The Labute approximate surface area is 257 Å². The van der Waals surface area contributed by atoms with Crippen molar-refractivity contribution in [2.45, 2.75) is 107 Å². The van der Waals surface area contributed by atoms with Gasteiger partial charge in [-0.3, -0.25) is 0 Å². The number of nitrogens with zero attached hydrogens (tertiary/aromatic N) is 4. The first-order valence-electron chi connectivity index (χ1n) is 15.6. The van der Waals surface area contributed by atoms with Crippen molar-refractivity contribution in [3.05, 3.63) is 91.7 Å². The normalized spacial score (nSPS) is 20.1. The van der Waals surface area contributed by atoms with Crippen molar-refractivity contribution in [2.24, 2.45) is 20.0 Å². The molecule has 215 valence electrons. The summed E-state index contributed by atoms with van der Waals surface area (Å²) in [6, 6.07) is 0. The topological polar surface area (TPSA) is 49.4 Å². The molecule has 1 radical (unpaired) electrons. The van der Waals surface area contributed by atoms with Crippen molar-refractivity contribution >= 4 is 22.8 Å². The zero-order valence-electron chi connectivity index (χ0n) is 26.1. The molecule has 4 nitrogen and oxygen atoms in total. The molecule has 0 aromatic carbocycles. The van der Waals surface area contributed by atoms with Gasteiger partial charge in [-0.2, -0.15) is 0 Å². The van der Waals surface area contributed by atoms with Crippen LogP contribution >= 0.6 is 0 Å². The third-order valence-electron chi connectivity index (χ3n) is 8.77. The Kier molecular flexibility index (Phi) is 9.82. The molecule has 0 aromatic rings. The predicted molar refractivity (Wildman–Crippen MR) is 173 cm³/mol. The van der Waals surface area contributed by atoms with Crippen molar-refractivity contribution in [1.82, 2.24) is 0 Å². The SMILES string of the molecule is CCC1=C(CC)C2=NC1=CC1=NC(=CC3=NC(=C(CC)C4=NC(=C2CC)C(CC)=C4CC)C(CC)=C3CC)C=C1.[Mn]. The summed E-state index contributed by atoms with van der Waals surface area (Å²) in [5.41, 5.74) is 19.3.